The zero-order valence-corrected chi connectivity index (χ0v) is 11.4. The van der Waals surface area contributed by atoms with Gasteiger partial charge in [0, 0.05) is 6.54 Å². The summed E-state index contributed by atoms with van der Waals surface area (Å²) in [5, 5.41) is 7.75. The summed E-state index contributed by atoms with van der Waals surface area (Å²) >= 11 is 0. The van der Waals surface area contributed by atoms with E-state index in [1.54, 1.807) is 12.1 Å². The Morgan fingerprint density at radius 1 is 1.15 bits per heavy atom. The highest BCUT2D eigenvalue weighted by Crippen LogP contribution is 2.25. The van der Waals surface area contributed by atoms with Gasteiger partial charge in [-0.15, -0.1) is 0 Å². The number of aryl methyl sites for hydroxylation is 2. The van der Waals surface area contributed by atoms with Crippen LogP contribution in [0.1, 0.15) is 16.7 Å². The van der Waals surface area contributed by atoms with Crippen molar-refractivity contribution < 1.29 is 8.91 Å². The number of anilines is 1. The molecule has 0 aliphatic rings. The smallest absolute Gasteiger partial charge is 0.204 e. The monoisotopic (exact) mass is 270 g/mol. The number of para-hydroxylation sites is 1. The van der Waals surface area contributed by atoms with Gasteiger partial charge in [-0.1, -0.05) is 40.5 Å². The van der Waals surface area contributed by atoms with E-state index in [0.717, 1.165) is 5.56 Å². The molecule has 2 aromatic carbocycles. The maximum absolute atomic E-state index is 13.5. The first-order valence-corrected chi connectivity index (χ1v) is 6.48. The average molecular weight is 270 g/mol. The van der Waals surface area contributed by atoms with E-state index in [1.807, 2.05) is 0 Å². The Labute approximate surface area is 116 Å². The molecule has 0 aliphatic carbocycles. The standard InChI is InChI=1S/C16H15FN2O/c1-10-6-11(2)8-12(7-10)9-18-16-13-4-3-5-14(17)15(13)20-19-16/h3-8H,9H2,1-2H3,(H,18,19). The van der Waals surface area contributed by atoms with Gasteiger partial charge in [-0.25, -0.2) is 4.39 Å². The molecule has 0 spiro atoms. The topological polar surface area (TPSA) is 38.1 Å². The second-order valence-electron chi connectivity index (χ2n) is 5.00. The second-order valence-corrected chi connectivity index (χ2v) is 5.00. The van der Waals surface area contributed by atoms with Crippen LogP contribution in [0.4, 0.5) is 10.2 Å². The molecular formula is C16H15FN2O. The number of rotatable bonds is 3. The van der Waals surface area contributed by atoms with Gasteiger partial charge in [-0.2, -0.15) is 0 Å². The van der Waals surface area contributed by atoms with Gasteiger partial charge in [0.1, 0.15) is 0 Å². The quantitative estimate of drug-likeness (QED) is 0.775. The number of hydrogen-bond donors (Lipinski definition) is 1. The van der Waals surface area contributed by atoms with Gasteiger partial charge >= 0.3 is 0 Å². The van der Waals surface area contributed by atoms with Crippen LogP contribution in [0, 0.1) is 19.7 Å². The van der Waals surface area contributed by atoms with Crippen molar-refractivity contribution in [1.82, 2.24) is 5.16 Å². The average Bonchev–Trinajstić information content (AvgIpc) is 2.80. The van der Waals surface area contributed by atoms with Gasteiger partial charge in [0.15, 0.2) is 11.6 Å². The van der Waals surface area contributed by atoms with Crippen LogP contribution in [0.15, 0.2) is 40.9 Å². The lowest BCUT2D eigenvalue weighted by atomic mass is 10.1. The maximum atomic E-state index is 13.5. The van der Waals surface area contributed by atoms with Gasteiger partial charge < -0.3 is 9.84 Å². The van der Waals surface area contributed by atoms with Crippen LogP contribution in [0.2, 0.25) is 0 Å². The van der Waals surface area contributed by atoms with Crippen LogP contribution in [0.25, 0.3) is 11.0 Å². The molecule has 0 saturated heterocycles. The molecule has 0 aliphatic heterocycles. The SMILES string of the molecule is Cc1cc(C)cc(CNc2noc3c(F)cccc23)c1. The molecule has 0 amide bonds. The van der Waals surface area contributed by atoms with Crippen LogP contribution < -0.4 is 5.32 Å². The van der Waals surface area contributed by atoms with Crippen LogP contribution in [0.5, 0.6) is 0 Å². The van der Waals surface area contributed by atoms with Crippen LogP contribution in [-0.4, -0.2) is 5.16 Å². The fraction of sp³-hybridized carbons (Fsp3) is 0.188. The summed E-state index contributed by atoms with van der Waals surface area (Å²) in [6.07, 6.45) is 0. The molecular weight excluding hydrogens is 255 g/mol. The Kier molecular flexibility index (Phi) is 3.14. The normalized spacial score (nSPS) is 10.9. The minimum Gasteiger partial charge on any atom is -0.363 e. The van der Waals surface area contributed by atoms with Crippen LogP contribution in [-0.2, 0) is 6.54 Å². The van der Waals surface area contributed by atoms with Crippen molar-refractivity contribution in [2.24, 2.45) is 0 Å². The molecule has 0 bridgehead atoms. The number of aromatic nitrogens is 1. The fourth-order valence-corrected chi connectivity index (χ4v) is 2.41. The van der Waals surface area contributed by atoms with Crippen molar-refractivity contribution in [3.8, 4) is 0 Å². The lowest BCUT2D eigenvalue weighted by Crippen LogP contribution is -2.00. The number of benzene rings is 2. The number of nitrogens with one attached hydrogen (secondary N) is 1. The molecule has 0 unspecified atom stereocenters. The molecule has 0 atom stereocenters. The van der Waals surface area contributed by atoms with Crippen molar-refractivity contribution in [2.75, 3.05) is 5.32 Å². The third kappa shape index (κ3) is 2.37. The number of fused-ring (bicyclic) bond motifs is 1. The maximum Gasteiger partial charge on any atom is 0.204 e. The molecule has 0 fully saturated rings. The predicted molar refractivity (Wildman–Crippen MR) is 77.2 cm³/mol. The van der Waals surface area contributed by atoms with Crippen molar-refractivity contribution in [3.63, 3.8) is 0 Å². The van der Waals surface area contributed by atoms with Gasteiger partial charge in [-0.3, -0.25) is 0 Å². The fourth-order valence-electron chi connectivity index (χ4n) is 2.41. The Balaban J connectivity index is 1.85. The van der Waals surface area contributed by atoms with Crippen molar-refractivity contribution in [1.29, 1.82) is 0 Å². The number of hydrogen-bond acceptors (Lipinski definition) is 3. The Bertz CT molecular complexity index is 744. The minimum absolute atomic E-state index is 0.190. The lowest BCUT2D eigenvalue weighted by molar-refractivity contribution is 0.443. The van der Waals surface area contributed by atoms with E-state index in [4.69, 9.17) is 4.52 Å². The summed E-state index contributed by atoms with van der Waals surface area (Å²) in [7, 11) is 0. The molecule has 102 valence electrons. The molecule has 0 radical (unpaired) electrons. The number of halogens is 1. The molecule has 0 saturated carbocycles. The second kappa shape index (κ2) is 4.96. The summed E-state index contributed by atoms with van der Waals surface area (Å²) in [6, 6.07) is 11.2. The first-order valence-electron chi connectivity index (χ1n) is 6.48. The zero-order valence-electron chi connectivity index (χ0n) is 11.4. The summed E-state index contributed by atoms with van der Waals surface area (Å²) in [4.78, 5) is 0. The van der Waals surface area contributed by atoms with Crippen molar-refractivity contribution in [2.45, 2.75) is 20.4 Å². The van der Waals surface area contributed by atoms with Gasteiger partial charge in [0.25, 0.3) is 0 Å². The van der Waals surface area contributed by atoms with Gasteiger partial charge in [0.2, 0.25) is 5.58 Å². The number of nitrogens with zero attached hydrogens (tertiary/aromatic N) is 1. The Morgan fingerprint density at radius 3 is 2.65 bits per heavy atom. The van der Waals surface area contributed by atoms with E-state index in [2.05, 4.69) is 42.5 Å². The third-order valence-corrected chi connectivity index (χ3v) is 3.19. The lowest BCUT2D eigenvalue weighted by Gasteiger charge is -2.06. The van der Waals surface area contributed by atoms with Crippen molar-refractivity contribution in [3.05, 3.63) is 58.9 Å². The molecule has 3 nitrogen and oxygen atoms in total. The van der Waals surface area contributed by atoms with E-state index >= 15 is 0 Å². The van der Waals surface area contributed by atoms with E-state index in [0.29, 0.717) is 17.7 Å². The van der Waals surface area contributed by atoms with Crippen LogP contribution >= 0.6 is 0 Å². The van der Waals surface area contributed by atoms with Gasteiger partial charge in [0.05, 0.1) is 5.39 Å². The highest BCUT2D eigenvalue weighted by atomic mass is 19.1. The highest BCUT2D eigenvalue weighted by molar-refractivity contribution is 5.88. The Hall–Kier alpha value is -2.36. The van der Waals surface area contributed by atoms with E-state index in [1.165, 1.54) is 17.2 Å². The summed E-state index contributed by atoms with van der Waals surface area (Å²) < 4.78 is 18.5. The molecule has 4 heteroatoms. The first-order chi connectivity index (χ1) is 9.63. The van der Waals surface area contributed by atoms with Crippen molar-refractivity contribution >= 4 is 16.8 Å². The predicted octanol–water partition coefficient (Wildman–Crippen LogP) is 4.20. The highest BCUT2D eigenvalue weighted by Gasteiger charge is 2.11. The minimum atomic E-state index is -0.394. The summed E-state index contributed by atoms with van der Waals surface area (Å²) in [5.74, 6) is 0.174. The van der Waals surface area contributed by atoms with Crippen LogP contribution in [0.3, 0.4) is 0 Å². The zero-order chi connectivity index (χ0) is 14.1. The summed E-state index contributed by atoms with van der Waals surface area (Å²) in [5.41, 5.74) is 3.79. The summed E-state index contributed by atoms with van der Waals surface area (Å²) in [6.45, 7) is 4.76. The van der Waals surface area contributed by atoms with E-state index in [9.17, 15) is 4.39 Å². The molecule has 20 heavy (non-hydrogen) atoms. The molecule has 3 rings (SSSR count). The molecule has 3 aromatic rings. The first kappa shape index (κ1) is 12.7. The molecule has 1 N–H and O–H groups in total. The van der Waals surface area contributed by atoms with E-state index in [-0.39, 0.29) is 5.58 Å². The molecule has 1 aromatic heterocycles. The Morgan fingerprint density at radius 2 is 1.90 bits per heavy atom. The molecule has 1 heterocycles. The van der Waals surface area contributed by atoms with Gasteiger partial charge in [-0.05, 0) is 31.5 Å². The third-order valence-electron chi connectivity index (χ3n) is 3.19. The largest absolute Gasteiger partial charge is 0.363 e. The van der Waals surface area contributed by atoms with E-state index < -0.39 is 5.82 Å².